The summed E-state index contributed by atoms with van der Waals surface area (Å²) >= 11 is 1.63. The van der Waals surface area contributed by atoms with Crippen LogP contribution in [0.1, 0.15) is 37.1 Å². The van der Waals surface area contributed by atoms with Crippen molar-refractivity contribution in [2.75, 3.05) is 6.54 Å². The van der Waals surface area contributed by atoms with E-state index in [0.717, 1.165) is 35.9 Å². The van der Waals surface area contributed by atoms with Crippen molar-refractivity contribution in [3.8, 4) is 0 Å². The van der Waals surface area contributed by atoms with E-state index in [0.29, 0.717) is 12.5 Å². The van der Waals surface area contributed by atoms with Gasteiger partial charge in [0, 0.05) is 11.4 Å². The van der Waals surface area contributed by atoms with Crippen molar-refractivity contribution in [3.05, 3.63) is 27.1 Å². The van der Waals surface area contributed by atoms with Crippen LogP contribution in [-0.4, -0.2) is 22.0 Å². The number of carbonyl (C=O) groups is 1. The van der Waals surface area contributed by atoms with E-state index in [1.807, 2.05) is 6.92 Å². The first-order valence-corrected chi connectivity index (χ1v) is 8.68. The Balaban J connectivity index is 1.96. The van der Waals surface area contributed by atoms with E-state index in [1.165, 1.54) is 21.3 Å². The van der Waals surface area contributed by atoms with Crippen molar-refractivity contribution in [2.45, 2.75) is 46.1 Å². The lowest BCUT2D eigenvalue weighted by atomic mass is 9.89. The van der Waals surface area contributed by atoms with Crippen LogP contribution in [0, 0.1) is 5.92 Å². The Bertz CT molecular complexity index is 763. The van der Waals surface area contributed by atoms with Crippen LogP contribution in [0.3, 0.4) is 0 Å². The summed E-state index contributed by atoms with van der Waals surface area (Å²) in [4.78, 5) is 31.1. The predicted molar refractivity (Wildman–Crippen MR) is 88.4 cm³/mol. The Hall–Kier alpha value is -1.69. The van der Waals surface area contributed by atoms with Gasteiger partial charge in [-0.15, -0.1) is 11.3 Å². The first kappa shape index (κ1) is 15.2. The van der Waals surface area contributed by atoms with Crippen LogP contribution < -0.4 is 10.9 Å². The van der Waals surface area contributed by atoms with E-state index in [1.54, 1.807) is 11.3 Å². The fourth-order valence-electron chi connectivity index (χ4n) is 2.95. The molecule has 0 unspecified atom stereocenters. The lowest BCUT2D eigenvalue weighted by Gasteiger charge is -2.17. The van der Waals surface area contributed by atoms with Crippen molar-refractivity contribution in [1.82, 2.24) is 14.9 Å². The number of rotatable bonds is 4. The van der Waals surface area contributed by atoms with Gasteiger partial charge < -0.3 is 5.32 Å². The summed E-state index contributed by atoms with van der Waals surface area (Å²) in [5.41, 5.74) is 1.09. The van der Waals surface area contributed by atoms with E-state index in [2.05, 4.69) is 17.2 Å². The van der Waals surface area contributed by atoms with E-state index >= 15 is 0 Å². The first-order chi connectivity index (χ1) is 10.6. The molecule has 118 valence electrons. The zero-order chi connectivity index (χ0) is 15.7. The number of fused-ring (bicyclic) bond motifs is 3. The second-order valence-electron chi connectivity index (χ2n) is 6.06. The quantitative estimate of drug-likeness (QED) is 0.939. The molecule has 0 bridgehead atoms. The van der Waals surface area contributed by atoms with Gasteiger partial charge in [-0.05, 0) is 37.2 Å². The standard InChI is InChI=1S/C16H21N3O2S/c1-3-6-17-13(20)8-19-9-18-15-14(16(19)21)11-5-4-10(2)7-12(11)22-15/h9-10H,3-8H2,1-2H3,(H,17,20)/t10-/m1/s1. The van der Waals surface area contributed by atoms with E-state index < -0.39 is 0 Å². The zero-order valence-electron chi connectivity index (χ0n) is 13.0. The van der Waals surface area contributed by atoms with Gasteiger partial charge in [0.15, 0.2) is 0 Å². The maximum absolute atomic E-state index is 12.7. The van der Waals surface area contributed by atoms with E-state index in [9.17, 15) is 9.59 Å². The molecule has 22 heavy (non-hydrogen) atoms. The summed E-state index contributed by atoms with van der Waals surface area (Å²) in [7, 11) is 0. The van der Waals surface area contributed by atoms with Crippen LogP contribution in [0.15, 0.2) is 11.1 Å². The van der Waals surface area contributed by atoms with E-state index in [4.69, 9.17) is 0 Å². The smallest absolute Gasteiger partial charge is 0.262 e. The molecule has 2 heterocycles. The average molecular weight is 319 g/mol. The number of aromatic nitrogens is 2. The Kier molecular flexibility index (Phi) is 4.29. The van der Waals surface area contributed by atoms with Crippen molar-refractivity contribution in [2.24, 2.45) is 5.92 Å². The minimum atomic E-state index is -0.136. The van der Waals surface area contributed by atoms with Crippen molar-refractivity contribution >= 4 is 27.5 Å². The molecule has 0 aliphatic heterocycles. The first-order valence-electron chi connectivity index (χ1n) is 7.86. The molecule has 0 spiro atoms. The molecule has 3 rings (SSSR count). The molecular formula is C16H21N3O2S. The summed E-state index contributed by atoms with van der Waals surface area (Å²) in [5, 5.41) is 3.53. The van der Waals surface area contributed by atoms with Gasteiger partial charge in [0.05, 0.1) is 11.7 Å². The monoisotopic (exact) mass is 319 g/mol. The summed E-state index contributed by atoms with van der Waals surface area (Å²) in [5.74, 6) is 0.533. The van der Waals surface area contributed by atoms with Gasteiger partial charge in [-0.25, -0.2) is 4.98 Å². The minimum Gasteiger partial charge on any atom is -0.355 e. The van der Waals surface area contributed by atoms with Crippen LogP contribution in [0.2, 0.25) is 0 Å². The maximum Gasteiger partial charge on any atom is 0.262 e. The lowest BCUT2D eigenvalue weighted by Crippen LogP contribution is -2.32. The summed E-state index contributed by atoms with van der Waals surface area (Å²) in [6, 6.07) is 0. The van der Waals surface area contributed by atoms with Crippen LogP contribution in [0.4, 0.5) is 0 Å². The minimum absolute atomic E-state index is 0.0444. The van der Waals surface area contributed by atoms with Crippen LogP contribution >= 0.6 is 11.3 Å². The molecule has 0 saturated carbocycles. The summed E-state index contributed by atoms with van der Waals surface area (Å²) in [6.07, 6.45) is 5.48. The Labute approximate surface area is 133 Å². The molecule has 2 aromatic heterocycles. The molecule has 6 heteroatoms. The maximum atomic E-state index is 12.7. The van der Waals surface area contributed by atoms with Crippen LogP contribution in [0.25, 0.3) is 10.2 Å². The number of hydrogen-bond donors (Lipinski definition) is 1. The SMILES string of the molecule is CCCNC(=O)Cn1cnc2sc3c(c2c1=O)CC[C@@H](C)C3. The van der Waals surface area contributed by atoms with Gasteiger partial charge in [0.25, 0.3) is 5.56 Å². The highest BCUT2D eigenvalue weighted by molar-refractivity contribution is 7.18. The molecule has 1 atom stereocenters. The molecule has 1 aliphatic carbocycles. The normalized spacial score (nSPS) is 17.5. The molecule has 0 fully saturated rings. The number of hydrogen-bond acceptors (Lipinski definition) is 4. The van der Waals surface area contributed by atoms with E-state index in [-0.39, 0.29) is 18.0 Å². The van der Waals surface area contributed by atoms with Gasteiger partial charge in [-0.2, -0.15) is 0 Å². The number of thiophene rings is 1. The molecule has 1 aliphatic rings. The van der Waals surface area contributed by atoms with Crippen molar-refractivity contribution in [3.63, 3.8) is 0 Å². The van der Waals surface area contributed by atoms with Gasteiger partial charge in [-0.3, -0.25) is 14.2 Å². The second kappa shape index (κ2) is 6.20. The number of amides is 1. The molecule has 1 N–H and O–H groups in total. The third kappa shape index (κ3) is 2.79. The summed E-state index contributed by atoms with van der Waals surface area (Å²) in [6.45, 7) is 4.92. The highest BCUT2D eigenvalue weighted by Crippen LogP contribution is 2.35. The Morgan fingerprint density at radius 2 is 2.36 bits per heavy atom. The van der Waals surface area contributed by atoms with Crippen LogP contribution in [0.5, 0.6) is 0 Å². The third-order valence-electron chi connectivity index (χ3n) is 4.17. The Morgan fingerprint density at radius 3 is 3.14 bits per heavy atom. The van der Waals surface area contributed by atoms with Gasteiger partial charge >= 0.3 is 0 Å². The van der Waals surface area contributed by atoms with Gasteiger partial charge in [-0.1, -0.05) is 13.8 Å². The molecule has 5 nitrogen and oxygen atoms in total. The molecule has 0 aromatic carbocycles. The zero-order valence-corrected chi connectivity index (χ0v) is 13.8. The molecule has 2 aromatic rings. The highest BCUT2D eigenvalue weighted by atomic mass is 32.1. The van der Waals surface area contributed by atoms with Crippen molar-refractivity contribution < 1.29 is 4.79 Å². The average Bonchev–Trinajstić information content (AvgIpc) is 2.86. The molecular weight excluding hydrogens is 298 g/mol. The van der Waals surface area contributed by atoms with Gasteiger partial charge in [0.1, 0.15) is 11.4 Å². The van der Waals surface area contributed by atoms with Gasteiger partial charge in [0.2, 0.25) is 5.91 Å². The molecule has 1 amide bonds. The fraction of sp³-hybridized carbons (Fsp3) is 0.562. The number of carbonyl (C=O) groups excluding carboxylic acids is 1. The second-order valence-corrected chi connectivity index (χ2v) is 7.14. The lowest BCUT2D eigenvalue weighted by molar-refractivity contribution is -0.121. The largest absolute Gasteiger partial charge is 0.355 e. The van der Waals surface area contributed by atoms with Crippen molar-refractivity contribution in [1.29, 1.82) is 0 Å². The fourth-order valence-corrected chi connectivity index (χ4v) is 4.29. The number of nitrogens with zero attached hydrogens (tertiary/aromatic N) is 2. The summed E-state index contributed by atoms with van der Waals surface area (Å²) < 4.78 is 1.43. The molecule has 0 saturated heterocycles. The predicted octanol–water partition coefficient (Wildman–Crippen LogP) is 2.11. The number of nitrogens with one attached hydrogen (secondary N) is 1. The third-order valence-corrected chi connectivity index (χ3v) is 5.33. The highest BCUT2D eigenvalue weighted by Gasteiger charge is 2.23. The van der Waals surface area contributed by atoms with Crippen LogP contribution in [-0.2, 0) is 24.2 Å². The number of aryl methyl sites for hydroxylation is 1. The molecule has 0 radical (unpaired) electrons. The Morgan fingerprint density at radius 1 is 1.55 bits per heavy atom. The topological polar surface area (TPSA) is 64.0 Å².